The van der Waals surface area contributed by atoms with Crippen molar-refractivity contribution in [3.05, 3.63) is 70.2 Å². The molecular formula is C13H8BrClF2. The van der Waals surface area contributed by atoms with Crippen molar-refractivity contribution in [2.75, 3.05) is 0 Å². The molecule has 0 bridgehead atoms. The number of hydrogen-bond donors (Lipinski definition) is 0. The SMILES string of the molecule is Fc1ccc(F)c(C(Br)c2ccccc2Cl)c1. The van der Waals surface area contributed by atoms with Crippen LogP contribution in [0.1, 0.15) is 16.0 Å². The van der Waals surface area contributed by atoms with Crippen LogP contribution in [-0.4, -0.2) is 0 Å². The molecule has 0 saturated carbocycles. The van der Waals surface area contributed by atoms with E-state index in [1.807, 2.05) is 0 Å². The minimum atomic E-state index is -0.474. The fraction of sp³-hybridized carbons (Fsp3) is 0.0769. The summed E-state index contributed by atoms with van der Waals surface area (Å²) in [4.78, 5) is -0.466. The lowest BCUT2D eigenvalue weighted by atomic mass is 10.0. The minimum Gasteiger partial charge on any atom is -0.207 e. The summed E-state index contributed by atoms with van der Waals surface area (Å²) in [5.41, 5.74) is 0.941. The summed E-state index contributed by atoms with van der Waals surface area (Å²) in [7, 11) is 0. The van der Waals surface area contributed by atoms with Crippen molar-refractivity contribution in [2.45, 2.75) is 4.83 Å². The van der Waals surface area contributed by atoms with Crippen molar-refractivity contribution in [1.29, 1.82) is 0 Å². The third-order valence-electron chi connectivity index (χ3n) is 2.41. The van der Waals surface area contributed by atoms with Gasteiger partial charge in [0.1, 0.15) is 11.6 Å². The Kier molecular flexibility index (Phi) is 3.79. The second-order valence-corrected chi connectivity index (χ2v) is 4.87. The summed E-state index contributed by atoms with van der Waals surface area (Å²) in [6.07, 6.45) is 0. The molecule has 2 rings (SSSR count). The number of hydrogen-bond acceptors (Lipinski definition) is 0. The van der Waals surface area contributed by atoms with Crippen LogP contribution in [0, 0.1) is 11.6 Å². The molecule has 4 heteroatoms. The Morgan fingerprint density at radius 3 is 2.41 bits per heavy atom. The van der Waals surface area contributed by atoms with Crippen LogP contribution in [0.2, 0.25) is 5.02 Å². The van der Waals surface area contributed by atoms with Crippen LogP contribution in [0.4, 0.5) is 8.78 Å². The summed E-state index contributed by atoms with van der Waals surface area (Å²) in [6, 6.07) is 10.4. The first-order valence-electron chi connectivity index (χ1n) is 4.93. The molecule has 2 aromatic rings. The molecule has 88 valence electrons. The molecule has 1 unspecified atom stereocenters. The largest absolute Gasteiger partial charge is 0.207 e. The highest BCUT2D eigenvalue weighted by atomic mass is 79.9. The summed E-state index contributed by atoms with van der Waals surface area (Å²) in [6.45, 7) is 0. The van der Waals surface area contributed by atoms with E-state index in [1.165, 1.54) is 0 Å². The van der Waals surface area contributed by atoms with Gasteiger partial charge in [0.15, 0.2) is 0 Å². The molecular weight excluding hydrogens is 309 g/mol. The van der Waals surface area contributed by atoms with Gasteiger partial charge in [-0.1, -0.05) is 45.7 Å². The van der Waals surface area contributed by atoms with E-state index < -0.39 is 16.5 Å². The Balaban J connectivity index is 2.47. The van der Waals surface area contributed by atoms with Gasteiger partial charge in [0, 0.05) is 10.6 Å². The van der Waals surface area contributed by atoms with E-state index in [-0.39, 0.29) is 5.56 Å². The maximum Gasteiger partial charge on any atom is 0.128 e. The Morgan fingerprint density at radius 1 is 1.00 bits per heavy atom. The van der Waals surface area contributed by atoms with E-state index in [2.05, 4.69) is 15.9 Å². The Labute approximate surface area is 111 Å². The molecule has 0 aliphatic carbocycles. The number of alkyl halides is 1. The third-order valence-corrected chi connectivity index (χ3v) is 3.74. The van der Waals surface area contributed by atoms with Crippen molar-refractivity contribution in [3.8, 4) is 0 Å². The van der Waals surface area contributed by atoms with Gasteiger partial charge in [-0.05, 0) is 29.8 Å². The number of halogens is 4. The first kappa shape index (κ1) is 12.5. The van der Waals surface area contributed by atoms with Crippen LogP contribution in [0.3, 0.4) is 0 Å². The molecule has 0 heterocycles. The second-order valence-electron chi connectivity index (χ2n) is 3.55. The van der Waals surface area contributed by atoms with Gasteiger partial charge in [0.25, 0.3) is 0 Å². The first-order valence-corrected chi connectivity index (χ1v) is 6.22. The van der Waals surface area contributed by atoms with Crippen molar-refractivity contribution in [1.82, 2.24) is 0 Å². The van der Waals surface area contributed by atoms with Gasteiger partial charge in [0.05, 0.1) is 4.83 Å². The molecule has 0 spiro atoms. The molecule has 2 aromatic carbocycles. The molecule has 0 N–H and O–H groups in total. The molecule has 0 aliphatic heterocycles. The van der Waals surface area contributed by atoms with E-state index in [9.17, 15) is 8.78 Å². The number of rotatable bonds is 2. The standard InChI is InChI=1S/C13H8BrClF2/c14-13(9-3-1-2-4-11(9)15)10-7-8(16)5-6-12(10)17/h1-7,13H. The lowest BCUT2D eigenvalue weighted by molar-refractivity contribution is 0.588. The van der Waals surface area contributed by atoms with Gasteiger partial charge < -0.3 is 0 Å². The highest BCUT2D eigenvalue weighted by Gasteiger charge is 2.17. The van der Waals surface area contributed by atoms with Crippen molar-refractivity contribution >= 4 is 27.5 Å². The molecule has 0 aromatic heterocycles. The van der Waals surface area contributed by atoms with Crippen LogP contribution in [0.5, 0.6) is 0 Å². The Morgan fingerprint density at radius 2 is 1.71 bits per heavy atom. The highest BCUT2D eigenvalue weighted by molar-refractivity contribution is 9.09. The highest BCUT2D eigenvalue weighted by Crippen LogP contribution is 2.36. The van der Waals surface area contributed by atoms with E-state index >= 15 is 0 Å². The van der Waals surface area contributed by atoms with Crippen LogP contribution in [0.25, 0.3) is 0 Å². The van der Waals surface area contributed by atoms with Crippen molar-refractivity contribution < 1.29 is 8.78 Å². The lowest BCUT2D eigenvalue weighted by Crippen LogP contribution is -1.98. The van der Waals surface area contributed by atoms with Crippen LogP contribution >= 0.6 is 27.5 Å². The summed E-state index contributed by atoms with van der Waals surface area (Å²) in [5.74, 6) is -0.939. The van der Waals surface area contributed by atoms with Gasteiger partial charge in [0.2, 0.25) is 0 Å². The van der Waals surface area contributed by atoms with Crippen LogP contribution < -0.4 is 0 Å². The fourth-order valence-corrected chi connectivity index (χ4v) is 2.68. The third kappa shape index (κ3) is 2.67. The molecule has 0 saturated heterocycles. The van der Waals surface area contributed by atoms with E-state index in [1.54, 1.807) is 24.3 Å². The zero-order chi connectivity index (χ0) is 12.4. The van der Waals surface area contributed by atoms with Crippen molar-refractivity contribution in [2.24, 2.45) is 0 Å². The zero-order valence-electron chi connectivity index (χ0n) is 8.63. The monoisotopic (exact) mass is 316 g/mol. The minimum absolute atomic E-state index is 0.234. The fourth-order valence-electron chi connectivity index (χ4n) is 1.56. The van der Waals surface area contributed by atoms with Gasteiger partial charge in [-0.2, -0.15) is 0 Å². The molecule has 0 nitrogen and oxygen atoms in total. The number of benzene rings is 2. The smallest absolute Gasteiger partial charge is 0.128 e. The zero-order valence-corrected chi connectivity index (χ0v) is 11.0. The Hall–Kier alpha value is -0.930. The average molecular weight is 318 g/mol. The van der Waals surface area contributed by atoms with E-state index in [4.69, 9.17) is 11.6 Å². The molecule has 0 amide bonds. The molecule has 1 atom stereocenters. The molecule has 17 heavy (non-hydrogen) atoms. The molecule has 0 fully saturated rings. The quantitative estimate of drug-likeness (QED) is 0.676. The maximum atomic E-state index is 13.6. The van der Waals surface area contributed by atoms with Gasteiger partial charge in [-0.15, -0.1) is 0 Å². The Bertz CT molecular complexity index is 543. The van der Waals surface area contributed by atoms with E-state index in [0.29, 0.717) is 10.6 Å². The van der Waals surface area contributed by atoms with Crippen molar-refractivity contribution in [3.63, 3.8) is 0 Å². The van der Waals surface area contributed by atoms with E-state index in [0.717, 1.165) is 18.2 Å². The first-order chi connectivity index (χ1) is 8.09. The predicted molar refractivity (Wildman–Crippen MR) is 68.6 cm³/mol. The molecule has 0 radical (unpaired) electrons. The lowest BCUT2D eigenvalue weighted by Gasteiger charge is -2.13. The van der Waals surface area contributed by atoms with Crippen LogP contribution in [0.15, 0.2) is 42.5 Å². The van der Waals surface area contributed by atoms with Crippen LogP contribution in [-0.2, 0) is 0 Å². The second kappa shape index (κ2) is 5.15. The van der Waals surface area contributed by atoms with Gasteiger partial charge in [-0.3, -0.25) is 0 Å². The maximum absolute atomic E-state index is 13.6. The molecule has 0 aliphatic rings. The van der Waals surface area contributed by atoms with Gasteiger partial charge in [-0.25, -0.2) is 8.78 Å². The predicted octanol–water partition coefficient (Wildman–Crippen LogP) is 5.10. The normalized spacial score (nSPS) is 12.5. The topological polar surface area (TPSA) is 0 Å². The summed E-state index contributed by atoms with van der Waals surface area (Å²) >= 11 is 9.35. The summed E-state index contributed by atoms with van der Waals surface area (Å²) < 4.78 is 26.7. The van der Waals surface area contributed by atoms with Gasteiger partial charge >= 0.3 is 0 Å². The summed E-state index contributed by atoms with van der Waals surface area (Å²) in [5, 5.41) is 0.512. The average Bonchev–Trinajstić information content (AvgIpc) is 2.32.